The summed E-state index contributed by atoms with van der Waals surface area (Å²) in [6.45, 7) is 2.99. The minimum atomic E-state index is -3.49. The molecule has 0 aromatic heterocycles. The molecule has 1 unspecified atom stereocenters. The van der Waals surface area contributed by atoms with Crippen LogP contribution in [0.1, 0.15) is 5.56 Å². The Hall–Kier alpha value is -1.15. The second kappa shape index (κ2) is 5.69. The van der Waals surface area contributed by atoms with Gasteiger partial charge in [0.2, 0.25) is 10.0 Å². The molecule has 0 aliphatic carbocycles. The fourth-order valence-corrected chi connectivity index (χ4v) is 3.48. The lowest BCUT2D eigenvalue weighted by molar-refractivity contribution is 0.0324. The van der Waals surface area contributed by atoms with E-state index in [1.807, 2.05) is 0 Å². The normalized spacial score (nSPS) is 22.3. The summed E-state index contributed by atoms with van der Waals surface area (Å²) in [5, 5.41) is 3.17. The molecule has 110 valence electrons. The van der Waals surface area contributed by atoms with Crippen LogP contribution >= 0.6 is 0 Å². The molecule has 1 fully saturated rings. The van der Waals surface area contributed by atoms with Gasteiger partial charge in [0.25, 0.3) is 0 Å². The molecule has 2 aliphatic heterocycles. The van der Waals surface area contributed by atoms with E-state index in [2.05, 4.69) is 10.0 Å². The van der Waals surface area contributed by atoms with Gasteiger partial charge in [-0.15, -0.1) is 0 Å². The molecular weight excluding hydrogens is 280 g/mol. The number of hydrogen-bond donors (Lipinski definition) is 2. The second-order valence-corrected chi connectivity index (χ2v) is 6.68. The van der Waals surface area contributed by atoms with Crippen LogP contribution in [0.2, 0.25) is 0 Å². The molecule has 0 radical (unpaired) electrons. The van der Waals surface area contributed by atoms with Crippen LogP contribution in [-0.2, 0) is 21.2 Å². The highest BCUT2D eigenvalue weighted by Crippen LogP contribution is 2.27. The van der Waals surface area contributed by atoms with Gasteiger partial charge in [-0.1, -0.05) is 0 Å². The molecule has 2 N–H and O–H groups in total. The Bertz CT molecular complexity index is 582. The third-order valence-corrected chi connectivity index (χ3v) is 4.90. The van der Waals surface area contributed by atoms with Crippen LogP contribution in [0, 0.1) is 0 Å². The quantitative estimate of drug-likeness (QED) is 0.811. The maximum Gasteiger partial charge on any atom is 0.240 e. The van der Waals surface area contributed by atoms with Crippen LogP contribution in [0.4, 0.5) is 0 Å². The smallest absolute Gasteiger partial charge is 0.240 e. The molecule has 3 rings (SSSR count). The van der Waals surface area contributed by atoms with Crippen LogP contribution < -0.4 is 14.8 Å². The van der Waals surface area contributed by atoms with Crippen molar-refractivity contribution in [2.75, 3.05) is 32.8 Å². The van der Waals surface area contributed by atoms with Gasteiger partial charge >= 0.3 is 0 Å². The minimum absolute atomic E-state index is 0.115. The van der Waals surface area contributed by atoms with Crippen LogP contribution in [0.25, 0.3) is 0 Å². The fraction of sp³-hybridized carbons (Fsp3) is 0.538. The van der Waals surface area contributed by atoms with Crippen LogP contribution in [0.3, 0.4) is 0 Å². The van der Waals surface area contributed by atoms with Gasteiger partial charge in [-0.25, -0.2) is 13.1 Å². The summed E-state index contributed by atoms with van der Waals surface area (Å²) in [5.74, 6) is 0.781. The first-order chi connectivity index (χ1) is 9.65. The topological polar surface area (TPSA) is 76.7 Å². The summed E-state index contributed by atoms with van der Waals surface area (Å²) < 4.78 is 37.9. The van der Waals surface area contributed by atoms with Crippen LogP contribution in [0.15, 0.2) is 23.1 Å². The van der Waals surface area contributed by atoms with Crippen molar-refractivity contribution in [3.05, 3.63) is 23.8 Å². The Balaban J connectivity index is 1.68. The Morgan fingerprint density at radius 3 is 3.05 bits per heavy atom. The highest BCUT2D eigenvalue weighted by Gasteiger charge is 2.21. The predicted octanol–water partition coefficient (Wildman–Crippen LogP) is -0.112. The first kappa shape index (κ1) is 13.8. The lowest BCUT2D eigenvalue weighted by Crippen LogP contribution is -2.45. The zero-order valence-corrected chi connectivity index (χ0v) is 11.9. The van der Waals surface area contributed by atoms with Crippen molar-refractivity contribution < 1.29 is 17.9 Å². The molecule has 1 saturated heterocycles. The number of rotatable bonds is 4. The molecule has 7 heteroatoms. The molecule has 0 spiro atoms. The van der Waals surface area contributed by atoms with E-state index in [0.717, 1.165) is 24.3 Å². The highest BCUT2D eigenvalue weighted by atomic mass is 32.2. The van der Waals surface area contributed by atoms with E-state index in [9.17, 15) is 8.42 Å². The molecule has 0 bridgehead atoms. The van der Waals surface area contributed by atoms with Crippen LogP contribution in [-0.4, -0.2) is 47.4 Å². The lowest BCUT2D eigenvalue weighted by atomic mass is 10.2. The molecule has 0 saturated carbocycles. The number of fused-ring (bicyclic) bond motifs is 1. The van der Waals surface area contributed by atoms with E-state index < -0.39 is 10.0 Å². The molecule has 2 heterocycles. The standard InChI is InChI=1S/C13H18N2O4S/c16-20(17,15-9-11-8-14-4-6-18-11)12-1-2-13-10(7-12)3-5-19-13/h1-2,7,11,14-15H,3-6,8-9H2. The third-order valence-electron chi connectivity index (χ3n) is 3.48. The van der Waals surface area contributed by atoms with Gasteiger partial charge in [0.1, 0.15) is 5.75 Å². The summed E-state index contributed by atoms with van der Waals surface area (Å²) in [6, 6.07) is 4.98. The van der Waals surface area contributed by atoms with Gasteiger partial charge in [0.15, 0.2) is 0 Å². The van der Waals surface area contributed by atoms with Gasteiger partial charge in [-0.2, -0.15) is 0 Å². The average molecular weight is 298 g/mol. The van der Waals surface area contributed by atoms with E-state index in [-0.39, 0.29) is 17.5 Å². The zero-order valence-electron chi connectivity index (χ0n) is 11.1. The summed E-state index contributed by atoms with van der Waals surface area (Å²) in [7, 11) is -3.49. The molecule has 20 heavy (non-hydrogen) atoms. The first-order valence-corrected chi connectivity index (χ1v) is 8.21. The molecule has 1 atom stereocenters. The number of ether oxygens (including phenoxy) is 2. The zero-order chi connectivity index (χ0) is 14.0. The van der Waals surface area contributed by atoms with Crippen molar-refractivity contribution in [2.45, 2.75) is 17.4 Å². The Labute approximate surface area is 118 Å². The Morgan fingerprint density at radius 2 is 2.25 bits per heavy atom. The number of nitrogens with one attached hydrogen (secondary N) is 2. The Morgan fingerprint density at radius 1 is 1.35 bits per heavy atom. The predicted molar refractivity (Wildman–Crippen MR) is 73.4 cm³/mol. The highest BCUT2D eigenvalue weighted by molar-refractivity contribution is 7.89. The average Bonchev–Trinajstić information content (AvgIpc) is 2.94. The van der Waals surface area contributed by atoms with Crippen molar-refractivity contribution in [3.63, 3.8) is 0 Å². The van der Waals surface area contributed by atoms with Gasteiger partial charge in [0.05, 0.1) is 24.2 Å². The van der Waals surface area contributed by atoms with Crippen LogP contribution in [0.5, 0.6) is 5.75 Å². The Kier molecular flexibility index (Phi) is 3.93. The maximum atomic E-state index is 12.2. The number of hydrogen-bond acceptors (Lipinski definition) is 5. The summed E-state index contributed by atoms with van der Waals surface area (Å²) in [6.07, 6.45) is 0.644. The molecule has 1 aromatic rings. The molecule has 1 aromatic carbocycles. The monoisotopic (exact) mass is 298 g/mol. The molecule has 2 aliphatic rings. The molecular formula is C13H18N2O4S. The maximum absolute atomic E-state index is 12.2. The number of morpholine rings is 1. The van der Waals surface area contributed by atoms with Crippen molar-refractivity contribution >= 4 is 10.0 Å². The number of benzene rings is 1. The summed E-state index contributed by atoms with van der Waals surface area (Å²) >= 11 is 0. The SMILES string of the molecule is O=S(=O)(NCC1CNCCO1)c1ccc2c(c1)CCO2. The van der Waals surface area contributed by atoms with Gasteiger partial charge in [0, 0.05) is 26.1 Å². The van der Waals surface area contributed by atoms with Gasteiger partial charge in [-0.05, 0) is 23.8 Å². The third kappa shape index (κ3) is 2.95. The van der Waals surface area contributed by atoms with E-state index in [1.165, 1.54) is 0 Å². The van der Waals surface area contributed by atoms with E-state index in [0.29, 0.717) is 19.8 Å². The van der Waals surface area contributed by atoms with Crippen molar-refractivity contribution in [1.29, 1.82) is 0 Å². The number of sulfonamides is 1. The largest absolute Gasteiger partial charge is 0.493 e. The summed E-state index contributed by atoms with van der Waals surface area (Å²) in [4.78, 5) is 0.283. The van der Waals surface area contributed by atoms with Crippen molar-refractivity contribution in [2.24, 2.45) is 0 Å². The van der Waals surface area contributed by atoms with Crippen molar-refractivity contribution in [1.82, 2.24) is 10.0 Å². The fourth-order valence-electron chi connectivity index (χ4n) is 2.37. The first-order valence-electron chi connectivity index (χ1n) is 6.73. The molecule has 0 amide bonds. The molecule has 6 nitrogen and oxygen atoms in total. The summed E-state index contributed by atoms with van der Waals surface area (Å²) in [5.41, 5.74) is 0.948. The van der Waals surface area contributed by atoms with E-state index >= 15 is 0 Å². The second-order valence-electron chi connectivity index (χ2n) is 4.92. The van der Waals surface area contributed by atoms with Gasteiger partial charge in [-0.3, -0.25) is 0 Å². The van der Waals surface area contributed by atoms with E-state index in [1.54, 1.807) is 18.2 Å². The lowest BCUT2D eigenvalue weighted by Gasteiger charge is -2.23. The van der Waals surface area contributed by atoms with Crippen molar-refractivity contribution in [3.8, 4) is 5.75 Å². The van der Waals surface area contributed by atoms with E-state index in [4.69, 9.17) is 9.47 Å². The minimum Gasteiger partial charge on any atom is -0.493 e. The van der Waals surface area contributed by atoms with Gasteiger partial charge < -0.3 is 14.8 Å².